The van der Waals surface area contributed by atoms with Crippen LogP contribution in [0.25, 0.3) is 0 Å². The molecule has 3 saturated carbocycles. The molecule has 0 bridgehead atoms. The van der Waals surface area contributed by atoms with Gasteiger partial charge in [-0.2, -0.15) is 0 Å². The summed E-state index contributed by atoms with van der Waals surface area (Å²) in [6.45, 7) is 7.59. The summed E-state index contributed by atoms with van der Waals surface area (Å²) in [6.07, 6.45) is 0.219. The van der Waals surface area contributed by atoms with Crippen molar-refractivity contribution in [1.29, 1.82) is 0 Å². The number of rotatable bonds is 6. The summed E-state index contributed by atoms with van der Waals surface area (Å²) in [5, 5.41) is 22.6. The van der Waals surface area contributed by atoms with Crippen molar-refractivity contribution < 1.29 is 33.3 Å². The first-order valence-electron chi connectivity index (χ1n) is 11.9. The molecule has 5 nitrogen and oxygen atoms in total. The smallest absolute Gasteiger partial charge is 0.178 e. The molecule has 0 aromatic rings. The van der Waals surface area contributed by atoms with Gasteiger partial charge in [-0.1, -0.05) is 19.9 Å². The Kier molecular flexibility index (Phi) is 6.40. The zero-order valence-electron chi connectivity index (χ0n) is 19.7. The van der Waals surface area contributed by atoms with Gasteiger partial charge in [0.05, 0.1) is 18.1 Å². The maximum Gasteiger partial charge on any atom is 0.178 e. The fourth-order valence-electron chi connectivity index (χ4n) is 8.01. The number of fused-ring (bicyclic) bond motifs is 5. The number of aliphatic hydroxyl groups is 2. The average molecular weight is 489 g/mol. The minimum atomic E-state index is -2.16. The first-order valence-corrected chi connectivity index (χ1v) is 12.4. The second kappa shape index (κ2) is 8.37. The molecule has 0 saturated heterocycles. The van der Waals surface area contributed by atoms with Gasteiger partial charge in [-0.15, -0.1) is 11.6 Å². The summed E-state index contributed by atoms with van der Waals surface area (Å²) in [6, 6.07) is 0. The van der Waals surface area contributed by atoms with E-state index in [4.69, 9.17) is 21.1 Å². The third-order valence-corrected chi connectivity index (χ3v) is 9.77. The van der Waals surface area contributed by atoms with Crippen LogP contribution in [0.15, 0.2) is 23.8 Å². The Balaban J connectivity index is 1.83. The summed E-state index contributed by atoms with van der Waals surface area (Å²) in [4.78, 5) is 12.0. The summed E-state index contributed by atoms with van der Waals surface area (Å²) in [5.41, 5.74) is -5.55. The molecule has 10 atom stereocenters. The molecule has 0 aliphatic heterocycles. The first-order chi connectivity index (χ1) is 15.4. The van der Waals surface area contributed by atoms with Crippen LogP contribution in [0.2, 0.25) is 0 Å². The van der Waals surface area contributed by atoms with E-state index in [1.54, 1.807) is 6.92 Å². The van der Waals surface area contributed by atoms with Crippen LogP contribution in [0.5, 0.6) is 0 Å². The van der Waals surface area contributed by atoms with E-state index < -0.39 is 46.4 Å². The number of alkyl halides is 3. The highest BCUT2D eigenvalue weighted by Gasteiger charge is 2.77. The minimum absolute atomic E-state index is 0.0106. The van der Waals surface area contributed by atoms with Crippen LogP contribution in [-0.4, -0.2) is 64.9 Å². The molecule has 0 aromatic carbocycles. The minimum Gasteiger partial charge on any atom is -0.390 e. The second-order valence-electron chi connectivity index (χ2n) is 10.7. The molecular formula is C25H35ClF2O5. The molecule has 0 spiro atoms. The van der Waals surface area contributed by atoms with Gasteiger partial charge in [0.1, 0.15) is 18.6 Å². The molecule has 4 rings (SSSR count). The molecule has 0 heterocycles. The van der Waals surface area contributed by atoms with Crippen LogP contribution in [0.4, 0.5) is 8.78 Å². The number of ketones is 1. The summed E-state index contributed by atoms with van der Waals surface area (Å²) in [7, 11) is 0. The standard InChI is InChI=1S/C25H35ClF2O5/c1-5-32-13-33-25(21(31)12-26)14(2)8-16-17-10-19(27)18-9-15(29)6-7-22(18,3)24(17,28)20(30)11-23(16,25)4/h6-7,9,14,16-17,19-21,30-31H,5,8,10-13H2,1-4H3/t14-,16?,17?,19-,20-,21-,22?,23?,24-,25?/m0/s1. The normalized spacial score (nSPS) is 49.8. The van der Waals surface area contributed by atoms with Crippen molar-refractivity contribution in [2.75, 3.05) is 19.3 Å². The average Bonchev–Trinajstić information content (AvgIpc) is 2.98. The third kappa shape index (κ3) is 3.11. The van der Waals surface area contributed by atoms with Crippen LogP contribution in [0.3, 0.4) is 0 Å². The summed E-state index contributed by atoms with van der Waals surface area (Å²) >= 11 is 6.13. The molecule has 2 N–H and O–H groups in total. The van der Waals surface area contributed by atoms with Gasteiger partial charge in [0.15, 0.2) is 11.5 Å². The maximum atomic E-state index is 17.2. The highest BCUT2D eigenvalue weighted by molar-refractivity contribution is 6.18. The van der Waals surface area contributed by atoms with Gasteiger partial charge in [0, 0.05) is 23.4 Å². The predicted molar refractivity (Wildman–Crippen MR) is 120 cm³/mol. The molecule has 4 aliphatic carbocycles. The van der Waals surface area contributed by atoms with Crippen molar-refractivity contribution in [3.63, 3.8) is 0 Å². The van der Waals surface area contributed by atoms with Gasteiger partial charge >= 0.3 is 0 Å². The second-order valence-corrected chi connectivity index (χ2v) is 11.0. The Labute approximate surface area is 199 Å². The Bertz CT molecular complexity index is 866. The lowest BCUT2D eigenvalue weighted by Crippen LogP contribution is -2.71. The van der Waals surface area contributed by atoms with E-state index in [0.717, 1.165) is 0 Å². The Morgan fingerprint density at radius 1 is 1.30 bits per heavy atom. The van der Waals surface area contributed by atoms with Gasteiger partial charge < -0.3 is 19.7 Å². The highest BCUT2D eigenvalue weighted by atomic mass is 35.5. The van der Waals surface area contributed by atoms with Crippen molar-refractivity contribution in [3.8, 4) is 0 Å². The van der Waals surface area contributed by atoms with Gasteiger partial charge in [0.2, 0.25) is 0 Å². The van der Waals surface area contributed by atoms with Gasteiger partial charge in [0.25, 0.3) is 0 Å². The summed E-state index contributed by atoms with van der Waals surface area (Å²) < 4.78 is 44.4. The first kappa shape index (κ1) is 25.2. The van der Waals surface area contributed by atoms with E-state index in [9.17, 15) is 15.0 Å². The third-order valence-electron chi connectivity index (χ3n) is 9.48. The van der Waals surface area contributed by atoms with E-state index in [2.05, 4.69) is 0 Å². The predicted octanol–water partition coefficient (Wildman–Crippen LogP) is 3.90. The number of carbonyl (C=O) groups is 1. The molecule has 0 aromatic heterocycles. The van der Waals surface area contributed by atoms with Gasteiger partial charge in [-0.3, -0.25) is 4.79 Å². The largest absolute Gasteiger partial charge is 0.390 e. The SMILES string of the molecule is CCOCOC1([C@@H](O)CCl)[C@@H](C)CC2C3C[C@H](F)C4=CC(=O)C=CC4(C)[C@@]3(F)[C@@H](O)CC21C. The quantitative estimate of drug-likeness (QED) is 0.337. The lowest BCUT2D eigenvalue weighted by molar-refractivity contribution is -0.274. The van der Waals surface area contributed by atoms with Crippen molar-refractivity contribution in [2.24, 2.45) is 28.6 Å². The molecule has 5 unspecified atom stereocenters. The molecule has 0 amide bonds. The monoisotopic (exact) mass is 488 g/mol. The lowest BCUT2D eigenvalue weighted by atomic mass is 9.44. The Morgan fingerprint density at radius 2 is 2.00 bits per heavy atom. The van der Waals surface area contributed by atoms with E-state index in [-0.39, 0.29) is 48.7 Å². The van der Waals surface area contributed by atoms with Crippen LogP contribution < -0.4 is 0 Å². The fraction of sp³-hybridized carbons (Fsp3) is 0.800. The van der Waals surface area contributed by atoms with Crippen molar-refractivity contribution in [2.45, 2.75) is 76.6 Å². The molecule has 8 heteroatoms. The zero-order valence-corrected chi connectivity index (χ0v) is 20.4. The van der Waals surface area contributed by atoms with E-state index in [1.165, 1.54) is 18.2 Å². The number of aliphatic hydroxyl groups excluding tert-OH is 2. The molecule has 33 heavy (non-hydrogen) atoms. The molecule has 186 valence electrons. The molecular weight excluding hydrogens is 454 g/mol. The number of hydrogen-bond donors (Lipinski definition) is 2. The van der Waals surface area contributed by atoms with Gasteiger partial charge in [-0.05, 0) is 62.7 Å². The fourth-order valence-corrected chi connectivity index (χ4v) is 8.23. The van der Waals surface area contributed by atoms with Crippen molar-refractivity contribution in [1.82, 2.24) is 0 Å². The van der Waals surface area contributed by atoms with Crippen molar-refractivity contribution >= 4 is 17.4 Å². The number of allylic oxidation sites excluding steroid dienone is 4. The number of carbonyl (C=O) groups excluding carboxylic acids is 1. The lowest BCUT2D eigenvalue weighted by Gasteiger charge is -2.64. The Hall–Kier alpha value is -0.860. The van der Waals surface area contributed by atoms with E-state index in [0.29, 0.717) is 13.0 Å². The van der Waals surface area contributed by atoms with Crippen molar-refractivity contribution in [3.05, 3.63) is 23.8 Å². The molecule has 4 aliphatic rings. The zero-order chi connectivity index (χ0) is 24.4. The van der Waals surface area contributed by atoms with Gasteiger partial charge in [-0.25, -0.2) is 8.78 Å². The van der Waals surface area contributed by atoms with Crippen LogP contribution in [-0.2, 0) is 14.3 Å². The van der Waals surface area contributed by atoms with Crippen LogP contribution in [0.1, 0.15) is 47.0 Å². The maximum absolute atomic E-state index is 17.2. The molecule has 3 fully saturated rings. The number of ether oxygens (including phenoxy) is 2. The summed E-state index contributed by atoms with van der Waals surface area (Å²) in [5.74, 6) is -1.90. The van der Waals surface area contributed by atoms with E-state index in [1.807, 2.05) is 20.8 Å². The van der Waals surface area contributed by atoms with E-state index >= 15 is 8.78 Å². The number of hydrogen-bond acceptors (Lipinski definition) is 5. The van der Waals surface area contributed by atoms with Crippen LogP contribution >= 0.6 is 11.6 Å². The Morgan fingerprint density at radius 3 is 2.64 bits per heavy atom. The topological polar surface area (TPSA) is 76.0 Å². The molecule has 0 radical (unpaired) electrons. The highest BCUT2D eigenvalue weighted by Crippen LogP contribution is 2.72. The van der Waals surface area contributed by atoms with Crippen LogP contribution in [0, 0.1) is 28.6 Å². The number of halogens is 3.